The number of anilines is 1. The molecule has 0 unspecified atom stereocenters. The Labute approximate surface area is 85.7 Å². The summed E-state index contributed by atoms with van der Waals surface area (Å²) >= 11 is 3.69. The van der Waals surface area contributed by atoms with Gasteiger partial charge in [-0.05, 0) is 18.2 Å². The summed E-state index contributed by atoms with van der Waals surface area (Å²) in [5.41, 5.74) is 0.944. The number of rotatable bonds is 1. The Morgan fingerprint density at radius 2 is 2.29 bits per heavy atom. The maximum atomic E-state index is 11.0. The molecule has 1 aromatic rings. The van der Waals surface area contributed by atoms with Gasteiger partial charge in [0.1, 0.15) is 5.75 Å². The summed E-state index contributed by atoms with van der Waals surface area (Å²) in [7, 11) is 0. The monoisotopic (exact) mass is 209 g/mol. The Bertz CT molecular complexity index is 417. The lowest BCUT2D eigenvalue weighted by Gasteiger charge is -2.17. The predicted molar refractivity (Wildman–Crippen MR) is 53.9 cm³/mol. The number of carbonyl (C=O) groups excluding carboxylic acids is 2. The number of hydrogen-bond donors (Lipinski definition) is 2. The molecule has 1 amide bonds. The highest BCUT2D eigenvalue weighted by atomic mass is 32.1. The Morgan fingerprint density at radius 1 is 1.50 bits per heavy atom. The molecular weight excluding hydrogens is 202 g/mol. The minimum atomic E-state index is -0.340. The van der Waals surface area contributed by atoms with Crippen molar-refractivity contribution in [1.29, 1.82) is 0 Å². The lowest BCUT2D eigenvalue weighted by atomic mass is 10.2. The van der Waals surface area contributed by atoms with Crippen LogP contribution in [0.4, 0.5) is 5.69 Å². The molecule has 0 spiro atoms. The number of thiol groups is 1. The Morgan fingerprint density at radius 3 is 3.00 bits per heavy atom. The van der Waals surface area contributed by atoms with E-state index in [4.69, 9.17) is 4.74 Å². The molecule has 0 saturated heterocycles. The number of carbonyl (C=O) groups is 2. The van der Waals surface area contributed by atoms with E-state index in [-0.39, 0.29) is 17.6 Å². The first-order valence-corrected chi connectivity index (χ1v) is 4.41. The Kier molecular flexibility index (Phi) is 2.17. The normalized spacial score (nSPS) is 13.9. The smallest absolute Gasteiger partial charge is 0.262 e. The van der Waals surface area contributed by atoms with Crippen molar-refractivity contribution in [2.45, 2.75) is 0 Å². The van der Waals surface area contributed by atoms with Crippen LogP contribution in [0, 0.1) is 0 Å². The molecule has 0 atom stereocenters. The summed E-state index contributed by atoms with van der Waals surface area (Å²) < 4.78 is 5.12. The Balaban J connectivity index is 2.42. The fraction of sp³-hybridized carbons (Fsp3) is 0.111. The topological polar surface area (TPSA) is 55.4 Å². The summed E-state index contributed by atoms with van der Waals surface area (Å²) in [6, 6.07) is 4.78. The van der Waals surface area contributed by atoms with Crippen molar-refractivity contribution < 1.29 is 14.3 Å². The minimum Gasteiger partial charge on any atom is -0.482 e. The van der Waals surface area contributed by atoms with E-state index in [1.165, 1.54) is 0 Å². The van der Waals surface area contributed by atoms with Crippen molar-refractivity contribution in [2.24, 2.45) is 0 Å². The molecule has 1 heterocycles. The van der Waals surface area contributed by atoms with Crippen LogP contribution >= 0.6 is 12.6 Å². The second-order valence-corrected chi connectivity index (χ2v) is 3.26. The van der Waals surface area contributed by atoms with Gasteiger partial charge in [-0.2, -0.15) is 0 Å². The molecule has 1 aliphatic heterocycles. The van der Waals surface area contributed by atoms with E-state index in [2.05, 4.69) is 17.9 Å². The van der Waals surface area contributed by atoms with Gasteiger partial charge in [0, 0.05) is 5.56 Å². The van der Waals surface area contributed by atoms with Crippen LogP contribution in [-0.4, -0.2) is 17.6 Å². The third-order valence-corrected chi connectivity index (χ3v) is 2.12. The second kappa shape index (κ2) is 3.34. The molecule has 0 aromatic heterocycles. The molecule has 72 valence electrons. The highest BCUT2D eigenvalue weighted by Gasteiger charge is 2.16. The summed E-state index contributed by atoms with van der Waals surface area (Å²) in [5, 5.41) is 2.26. The van der Waals surface area contributed by atoms with Crippen LogP contribution in [-0.2, 0) is 4.79 Å². The number of benzene rings is 1. The molecule has 4 nitrogen and oxygen atoms in total. The lowest BCUT2D eigenvalue weighted by Crippen LogP contribution is -2.25. The highest BCUT2D eigenvalue weighted by Crippen LogP contribution is 2.28. The van der Waals surface area contributed by atoms with E-state index in [1.54, 1.807) is 18.2 Å². The minimum absolute atomic E-state index is 0.0150. The molecule has 0 bridgehead atoms. The van der Waals surface area contributed by atoms with Gasteiger partial charge in [0.15, 0.2) is 6.61 Å². The maximum Gasteiger partial charge on any atom is 0.262 e. The lowest BCUT2D eigenvalue weighted by molar-refractivity contribution is -0.118. The Hall–Kier alpha value is -1.49. The van der Waals surface area contributed by atoms with Crippen LogP contribution < -0.4 is 10.1 Å². The SMILES string of the molecule is O=C1COc2ccc(C(=O)S)cc2N1. The summed E-state index contributed by atoms with van der Waals surface area (Å²) in [6.07, 6.45) is 0. The quantitative estimate of drug-likeness (QED) is 0.681. The van der Waals surface area contributed by atoms with E-state index in [0.717, 1.165) is 0 Å². The van der Waals surface area contributed by atoms with E-state index >= 15 is 0 Å². The van der Waals surface area contributed by atoms with Crippen LogP contribution in [0.15, 0.2) is 18.2 Å². The van der Waals surface area contributed by atoms with Crippen molar-refractivity contribution in [3.63, 3.8) is 0 Å². The number of amides is 1. The zero-order valence-electron chi connectivity index (χ0n) is 7.11. The van der Waals surface area contributed by atoms with E-state index in [0.29, 0.717) is 17.0 Å². The van der Waals surface area contributed by atoms with Crippen molar-refractivity contribution in [2.75, 3.05) is 11.9 Å². The van der Waals surface area contributed by atoms with Crippen LogP contribution in [0.2, 0.25) is 0 Å². The van der Waals surface area contributed by atoms with Gasteiger partial charge in [0.2, 0.25) is 5.12 Å². The molecule has 0 radical (unpaired) electrons. The van der Waals surface area contributed by atoms with E-state index in [9.17, 15) is 9.59 Å². The molecule has 14 heavy (non-hydrogen) atoms. The first kappa shape index (κ1) is 9.08. The first-order chi connectivity index (χ1) is 6.66. The van der Waals surface area contributed by atoms with Crippen molar-refractivity contribution in [3.05, 3.63) is 23.8 Å². The van der Waals surface area contributed by atoms with Gasteiger partial charge in [0.05, 0.1) is 5.69 Å². The zero-order chi connectivity index (χ0) is 10.1. The van der Waals surface area contributed by atoms with Gasteiger partial charge in [-0.25, -0.2) is 0 Å². The van der Waals surface area contributed by atoms with Crippen LogP contribution in [0.5, 0.6) is 5.75 Å². The molecule has 5 heteroatoms. The van der Waals surface area contributed by atoms with Gasteiger partial charge in [-0.15, -0.1) is 12.6 Å². The van der Waals surface area contributed by atoms with Gasteiger partial charge in [0.25, 0.3) is 5.91 Å². The largest absolute Gasteiger partial charge is 0.482 e. The fourth-order valence-electron chi connectivity index (χ4n) is 1.22. The van der Waals surface area contributed by atoms with Crippen molar-refractivity contribution >= 4 is 29.3 Å². The third-order valence-electron chi connectivity index (χ3n) is 1.86. The number of nitrogens with one attached hydrogen (secondary N) is 1. The van der Waals surface area contributed by atoms with E-state index in [1.807, 2.05) is 0 Å². The molecule has 1 N–H and O–H groups in total. The second-order valence-electron chi connectivity index (χ2n) is 2.85. The highest BCUT2D eigenvalue weighted by molar-refractivity contribution is 7.97. The molecular formula is C9H7NO3S. The van der Waals surface area contributed by atoms with Gasteiger partial charge in [-0.1, -0.05) is 0 Å². The zero-order valence-corrected chi connectivity index (χ0v) is 8.01. The average molecular weight is 209 g/mol. The van der Waals surface area contributed by atoms with Crippen molar-refractivity contribution in [1.82, 2.24) is 0 Å². The number of ether oxygens (including phenoxy) is 1. The summed E-state index contributed by atoms with van der Waals surface area (Å²) in [4.78, 5) is 21.9. The molecule has 0 saturated carbocycles. The van der Waals surface area contributed by atoms with Gasteiger partial charge >= 0.3 is 0 Å². The van der Waals surface area contributed by atoms with Crippen LogP contribution in [0.3, 0.4) is 0 Å². The predicted octanol–water partition coefficient (Wildman–Crippen LogP) is 1.09. The fourth-order valence-corrected chi connectivity index (χ4v) is 1.36. The first-order valence-electron chi connectivity index (χ1n) is 3.97. The maximum absolute atomic E-state index is 11.0. The van der Waals surface area contributed by atoms with Gasteiger partial charge < -0.3 is 10.1 Å². The molecule has 2 rings (SSSR count). The standard InChI is InChI=1S/C9H7NO3S/c11-8-4-13-7-2-1-5(9(12)14)3-6(7)10-8/h1-3H,4H2,(H,10,11)(H,12,14). The van der Waals surface area contributed by atoms with Crippen molar-refractivity contribution in [3.8, 4) is 5.75 Å². The molecule has 1 aromatic carbocycles. The molecule has 0 fully saturated rings. The summed E-state index contributed by atoms with van der Waals surface area (Å²) in [6.45, 7) is 0.0150. The third kappa shape index (κ3) is 1.58. The number of hydrogen-bond acceptors (Lipinski definition) is 3. The summed E-state index contributed by atoms with van der Waals surface area (Å²) in [5.74, 6) is 0.351. The molecule has 1 aliphatic rings. The van der Waals surface area contributed by atoms with E-state index < -0.39 is 0 Å². The van der Waals surface area contributed by atoms with Gasteiger partial charge in [-0.3, -0.25) is 9.59 Å². The molecule has 0 aliphatic carbocycles. The average Bonchev–Trinajstić information content (AvgIpc) is 2.16. The van der Waals surface area contributed by atoms with Crippen LogP contribution in [0.1, 0.15) is 10.4 Å². The number of fused-ring (bicyclic) bond motifs is 1. The van der Waals surface area contributed by atoms with Crippen LogP contribution in [0.25, 0.3) is 0 Å².